The molecule has 11 heteroatoms. The molecule has 2 aromatic heterocycles. The van der Waals surface area contributed by atoms with E-state index >= 15 is 4.39 Å². The third kappa shape index (κ3) is 5.49. The molecular weight excluding hydrogens is 617 g/mol. The number of aromatic nitrogens is 3. The number of fused-ring (bicyclic) bond motifs is 3. The number of alkyl halides is 1. The molecule has 0 amide bonds. The Hall–Kier alpha value is -4.14. The molecule has 3 atom stereocenters. The number of aryl methyl sites for hydroxylation is 1. The molecule has 250 valence electrons. The number of phenols is 1. The van der Waals surface area contributed by atoms with Crippen LogP contribution in [-0.2, 0) is 6.42 Å². The number of hydrogen-bond acceptors (Lipinski definition) is 8. The lowest BCUT2D eigenvalue weighted by molar-refractivity contribution is 0.0974. The van der Waals surface area contributed by atoms with Gasteiger partial charge in [-0.1, -0.05) is 18.9 Å². The quantitative estimate of drug-likeness (QED) is 0.238. The van der Waals surface area contributed by atoms with Crippen LogP contribution in [0.15, 0.2) is 24.3 Å². The molecule has 8 rings (SSSR count). The average molecular weight is 657 g/mol. The van der Waals surface area contributed by atoms with E-state index in [0.29, 0.717) is 60.2 Å². The lowest BCUT2D eigenvalue weighted by Crippen LogP contribution is -2.56. The zero-order chi connectivity index (χ0) is 33.2. The first-order chi connectivity index (χ1) is 23.3. The maximum atomic E-state index is 17.1. The van der Waals surface area contributed by atoms with Crippen LogP contribution in [0, 0.1) is 29.4 Å². The van der Waals surface area contributed by atoms with Gasteiger partial charge in [0.25, 0.3) is 0 Å². The first-order valence-corrected chi connectivity index (χ1v) is 17.1. The maximum absolute atomic E-state index is 17.1. The van der Waals surface area contributed by atoms with Gasteiger partial charge in [0.15, 0.2) is 5.82 Å². The molecule has 3 aliphatic heterocycles. The number of rotatable bonds is 7. The Bertz CT molecular complexity index is 1960. The second-order valence-electron chi connectivity index (χ2n) is 14.1. The third-order valence-electron chi connectivity index (χ3n) is 10.7. The summed E-state index contributed by atoms with van der Waals surface area (Å²) in [5.74, 6) is 1.56. The van der Waals surface area contributed by atoms with Crippen molar-refractivity contribution in [2.75, 3.05) is 44.2 Å². The lowest BCUT2D eigenvalue weighted by Gasteiger charge is -2.40. The number of halogens is 3. The highest BCUT2D eigenvalue weighted by atomic mass is 19.1. The van der Waals surface area contributed by atoms with Gasteiger partial charge in [0.1, 0.15) is 34.8 Å². The fourth-order valence-corrected chi connectivity index (χ4v) is 7.91. The van der Waals surface area contributed by atoms with Crippen molar-refractivity contribution in [3.8, 4) is 35.4 Å². The summed E-state index contributed by atoms with van der Waals surface area (Å²) in [6.45, 7) is 6.00. The van der Waals surface area contributed by atoms with E-state index in [2.05, 4.69) is 28.0 Å². The molecule has 4 aromatic rings. The molecule has 2 N–H and O–H groups in total. The van der Waals surface area contributed by atoms with Crippen molar-refractivity contribution in [2.45, 2.75) is 70.1 Å². The Morgan fingerprint density at radius 3 is 2.75 bits per heavy atom. The van der Waals surface area contributed by atoms with Gasteiger partial charge in [-0.2, -0.15) is 9.97 Å². The predicted molar refractivity (Wildman–Crippen MR) is 179 cm³/mol. The summed E-state index contributed by atoms with van der Waals surface area (Å²) >= 11 is 0. The Kier molecular flexibility index (Phi) is 7.84. The molecule has 0 radical (unpaired) electrons. The van der Waals surface area contributed by atoms with Crippen LogP contribution in [0.1, 0.15) is 56.7 Å². The Balaban J connectivity index is 1.26. The van der Waals surface area contributed by atoms with Crippen LogP contribution in [0.3, 0.4) is 0 Å². The van der Waals surface area contributed by atoms with Crippen molar-refractivity contribution in [1.29, 1.82) is 0 Å². The van der Waals surface area contributed by atoms with Crippen molar-refractivity contribution in [2.24, 2.45) is 5.41 Å². The van der Waals surface area contributed by atoms with Gasteiger partial charge in [0.2, 0.25) is 0 Å². The number of likely N-dealkylation sites (tertiary alicyclic amines) is 1. The molecule has 4 aliphatic rings. The number of nitrogens with one attached hydrogen (secondary N) is 1. The van der Waals surface area contributed by atoms with E-state index in [1.807, 2.05) is 0 Å². The fourth-order valence-electron chi connectivity index (χ4n) is 7.91. The van der Waals surface area contributed by atoms with Gasteiger partial charge in [-0.05, 0) is 75.1 Å². The third-order valence-corrected chi connectivity index (χ3v) is 10.7. The molecule has 1 saturated carbocycles. The van der Waals surface area contributed by atoms with Gasteiger partial charge < -0.3 is 20.1 Å². The number of terminal acetylenes is 1. The minimum absolute atomic E-state index is 0.0293. The largest absolute Gasteiger partial charge is 0.508 e. The van der Waals surface area contributed by atoms with E-state index < -0.39 is 17.8 Å². The molecule has 2 saturated heterocycles. The second-order valence-corrected chi connectivity index (χ2v) is 14.1. The van der Waals surface area contributed by atoms with Crippen LogP contribution < -0.4 is 15.0 Å². The number of piperazine rings is 1. The summed E-state index contributed by atoms with van der Waals surface area (Å²) in [6, 6.07) is 6.02. The van der Waals surface area contributed by atoms with Crippen LogP contribution in [0.2, 0.25) is 0 Å². The van der Waals surface area contributed by atoms with E-state index in [1.165, 1.54) is 24.3 Å². The SMILES string of the molecule is C#Cc1c(F)ccc2cc(O)cc(-c3nc4c5c(nc(OCC6(CN7CCC[C@@H](F)C7)CC6)nc5c3F)N3C[C@@H](CC)NC[C@H]3CC4)c12. The van der Waals surface area contributed by atoms with E-state index in [9.17, 15) is 13.9 Å². The Labute approximate surface area is 277 Å². The van der Waals surface area contributed by atoms with Crippen molar-refractivity contribution < 1.29 is 23.0 Å². The molecule has 0 spiro atoms. The number of ether oxygens (including phenoxy) is 1. The lowest BCUT2D eigenvalue weighted by atomic mass is 9.95. The van der Waals surface area contributed by atoms with Crippen LogP contribution in [0.25, 0.3) is 32.9 Å². The van der Waals surface area contributed by atoms with E-state index in [1.54, 1.807) is 0 Å². The highest BCUT2D eigenvalue weighted by Crippen LogP contribution is 2.47. The highest BCUT2D eigenvalue weighted by molar-refractivity contribution is 6.03. The molecule has 5 heterocycles. The van der Waals surface area contributed by atoms with E-state index in [4.69, 9.17) is 26.1 Å². The molecule has 3 fully saturated rings. The van der Waals surface area contributed by atoms with E-state index in [0.717, 1.165) is 51.7 Å². The first-order valence-electron chi connectivity index (χ1n) is 17.1. The summed E-state index contributed by atoms with van der Waals surface area (Å²) in [4.78, 5) is 18.9. The second kappa shape index (κ2) is 12.1. The summed E-state index contributed by atoms with van der Waals surface area (Å²) < 4.78 is 52.5. The topological polar surface area (TPSA) is 86.6 Å². The number of nitrogens with zero attached hydrogens (tertiary/aromatic N) is 5. The van der Waals surface area contributed by atoms with Gasteiger partial charge in [-0.25, -0.2) is 18.2 Å². The average Bonchev–Trinajstić information content (AvgIpc) is 3.87. The minimum Gasteiger partial charge on any atom is -0.508 e. The van der Waals surface area contributed by atoms with Crippen LogP contribution >= 0.6 is 0 Å². The van der Waals surface area contributed by atoms with Crippen LogP contribution in [0.4, 0.5) is 19.0 Å². The summed E-state index contributed by atoms with van der Waals surface area (Å²) in [7, 11) is 0. The van der Waals surface area contributed by atoms with Gasteiger partial charge >= 0.3 is 6.01 Å². The van der Waals surface area contributed by atoms with Gasteiger partial charge in [-0.15, -0.1) is 6.42 Å². The zero-order valence-electron chi connectivity index (χ0n) is 27.0. The van der Waals surface area contributed by atoms with Gasteiger partial charge in [0.05, 0.1) is 23.3 Å². The number of hydrogen-bond donors (Lipinski definition) is 2. The summed E-state index contributed by atoms with van der Waals surface area (Å²) in [6.07, 6.45) is 10.6. The van der Waals surface area contributed by atoms with Crippen molar-refractivity contribution >= 4 is 27.5 Å². The predicted octanol–water partition coefficient (Wildman–Crippen LogP) is 5.91. The highest BCUT2D eigenvalue weighted by Gasteiger charge is 2.46. The monoisotopic (exact) mass is 656 g/mol. The standard InChI is InChI=1S/C37H39F3N6O2/c1-3-23-18-46-24(16-41-23)8-10-29-31-34(32(40)33(42-29)27-15-25(47)14-21-7-9-28(39)26(4-2)30(21)27)43-36(44-35(31)46)48-20-37(11-12-37)19-45-13-5-6-22(38)17-45/h2,7,9,14-15,22-24,41,47H,3,5-6,8,10-13,16-20H2,1H3/t22-,23-,24-/m1/s1. The normalized spacial score (nSPS) is 23.5. The van der Waals surface area contributed by atoms with Crippen molar-refractivity contribution in [3.05, 3.63) is 47.2 Å². The fraction of sp³-hybridized carbons (Fsp3) is 0.486. The number of pyridine rings is 1. The summed E-state index contributed by atoms with van der Waals surface area (Å²) in [5, 5.41) is 15.6. The van der Waals surface area contributed by atoms with Crippen molar-refractivity contribution in [3.63, 3.8) is 0 Å². The smallest absolute Gasteiger partial charge is 0.319 e. The Morgan fingerprint density at radius 1 is 1.12 bits per heavy atom. The molecule has 0 bridgehead atoms. The number of anilines is 1. The van der Waals surface area contributed by atoms with Crippen LogP contribution in [0.5, 0.6) is 11.8 Å². The number of phenolic OH excluding ortho intramolecular Hbond substituents is 1. The molecule has 2 aromatic carbocycles. The van der Waals surface area contributed by atoms with Crippen molar-refractivity contribution in [1.82, 2.24) is 25.2 Å². The first kappa shape index (κ1) is 31.1. The number of piperidine rings is 1. The molecule has 0 unspecified atom stereocenters. The molecular formula is C37H39F3N6O2. The molecule has 1 aliphatic carbocycles. The number of aromatic hydroxyl groups is 1. The maximum Gasteiger partial charge on any atom is 0.319 e. The summed E-state index contributed by atoms with van der Waals surface area (Å²) in [5.41, 5.74) is 0.680. The molecule has 8 nitrogen and oxygen atoms in total. The zero-order valence-corrected chi connectivity index (χ0v) is 27.0. The van der Waals surface area contributed by atoms with Crippen LogP contribution in [-0.4, -0.2) is 82.5 Å². The van der Waals surface area contributed by atoms with Gasteiger partial charge in [-0.3, -0.25) is 4.90 Å². The van der Waals surface area contributed by atoms with Gasteiger partial charge in [0, 0.05) is 54.6 Å². The minimum atomic E-state index is -0.799. The molecule has 48 heavy (non-hydrogen) atoms. The van der Waals surface area contributed by atoms with E-state index in [-0.39, 0.29) is 51.6 Å². The Morgan fingerprint density at radius 2 is 1.98 bits per heavy atom. The number of benzene rings is 2.